The summed E-state index contributed by atoms with van der Waals surface area (Å²) in [5.74, 6) is 0.329. The minimum Gasteiger partial charge on any atom is -0.393 e. The van der Waals surface area contributed by atoms with Gasteiger partial charge in [-0.25, -0.2) is 0 Å². The highest BCUT2D eigenvalue weighted by Crippen LogP contribution is 2.02. The second kappa shape index (κ2) is 7.65. The minimum absolute atomic E-state index is 0.00166. The lowest BCUT2D eigenvalue weighted by Crippen LogP contribution is -2.35. The molecule has 1 amide bonds. The summed E-state index contributed by atoms with van der Waals surface area (Å²) >= 11 is 0. The average Bonchev–Trinajstić information content (AvgIpc) is 2.12. The van der Waals surface area contributed by atoms with Gasteiger partial charge in [-0.2, -0.15) is 0 Å². The second-order valence-electron chi connectivity index (χ2n) is 4.45. The lowest BCUT2D eigenvalue weighted by atomic mass is 10.0. The molecular weight excluding hydrogens is 192 g/mol. The van der Waals surface area contributed by atoms with Crippen molar-refractivity contribution in [3.8, 4) is 0 Å². The Morgan fingerprint density at radius 2 is 2.00 bits per heavy atom. The molecule has 2 atom stereocenters. The number of hydrogen-bond acceptors (Lipinski definition) is 3. The number of aliphatic hydroxyl groups excluding tert-OH is 1. The molecule has 0 bridgehead atoms. The van der Waals surface area contributed by atoms with Crippen molar-refractivity contribution in [3.63, 3.8) is 0 Å². The monoisotopic (exact) mass is 216 g/mol. The van der Waals surface area contributed by atoms with Crippen molar-refractivity contribution in [2.45, 2.75) is 52.2 Å². The van der Waals surface area contributed by atoms with Crippen LogP contribution in [0.1, 0.15) is 40.0 Å². The first-order valence-corrected chi connectivity index (χ1v) is 5.63. The molecule has 0 saturated heterocycles. The van der Waals surface area contributed by atoms with Crippen LogP contribution in [0.5, 0.6) is 0 Å². The highest BCUT2D eigenvalue weighted by atomic mass is 16.3. The number of carbonyl (C=O) groups excluding carboxylic acids is 1. The van der Waals surface area contributed by atoms with Crippen LogP contribution in [0.4, 0.5) is 0 Å². The molecule has 0 aliphatic carbocycles. The van der Waals surface area contributed by atoms with Gasteiger partial charge in [-0.05, 0) is 25.7 Å². The Hall–Kier alpha value is -0.610. The molecule has 0 aliphatic rings. The molecule has 4 heteroatoms. The van der Waals surface area contributed by atoms with Crippen molar-refractivity contribution < 1.29 is 9.90 Å². The zero-order chi connectivity index (χ0) is 11.8. The van der Waals surface area contributed by atoms with Crippen molar-refractivity contribution in [1.82, 2.24) is 5.32 Å². The van der Waals surface area contributed by atoms with E-state index >= 15 is 0 Å². The molecule has 15 heavy (non-hydrogen) atoms. The highest BCUT2D eigenvalue weighted by Gasteiger charge is 2.12. The molecule has 0 heterocycles. The van der Waals surface area contributed by atoms with Gasteiger partial charge in [0.15, 0.2) is 0 Å². The maximum atomic E-state index is 11.3. The minimum atomic E-state index is -0.292. The van der Waals surface area contributed by atoms with E-state index in [1.54, 1.807) is 6.92 Å². The van der Waals surface area contributed by atoms with E-state index in [2.05, 4.69) is 5.32 Å². The summed E-state index contributed by atoms with van der Waals surface area (Å²) in [4.78, 5) is 11.3. The van der Waals surface area contributed by atoms with Crippen molar-refractivity contribution >= 4 is 5.91 Å². The Labute approximate surface area is 92.2 Å². The van der Waals surface area contributed by atoms with Crippen LogP contribution >= 0.6 is 0 Å². The largest absolute Gasteiger partial charge is 0.393 e. The van der Waals surface area contributed by atoms with E-state index in [0.717, 1.165) is 12.8 Å². The predicted molar refractivity (Wildman–Crippen MR) is 61.4 cm³/mol. The number of carbonyl (C=O) groups is 1. The Morgan fingerprint density at radius 3 is 2.47 bits per heavy atom. The summed E-state index contributed by atoms with van der Waals surface area (Å²) in [6.07, 6.45) is 1.61. The van der Waals surface area contributed by atoms with Crippen LogP contribution in [-0.2, 0) is 4.79 Å². The quantitative estimate of drug-likeness (QED) is 0.547. The Balaban J connectivity index is 3.49. The van der Waals surface area contributed by atoms with Crippen molar-refractivity contribution in [2.24, 2.45) is 11.7 Å². The van der Waals surface area contributed by atoms with E-state index < -0.39 is 0 Å². The molecule has 0 aliphatic heterocycles. The van der Waals surface area contributed by atoms with Gasteiger partial charge in [0.05, 0.1) is 6.10 Å². The van der Waals surface area contributed by atoms with Gasteiger partial charge in [-0.3, -0.25) is 4.79 Å². The number of hydrogen-bond donors (Lipinski definition) is 3. The lowest BCUT2D eigenvalue weighted by Gasteiger charge is -2.15. The highest BCUT2D eigenvalue weighted by molar-refractivity contribution is 5.76. The van der Waals surface area contributed by atoms with E-state index in [1.807, 2.05) is 13.8 Å². The predicted octanol–water partition coefficient (Wildman–Crippen LogP) is 0.637. The lowest BCUT2D eigenvalue weighted by molar-refractivity contribution is -0.121. The Morgan fingerprint density at radius 1 is 1.40 bits per heavy atom. The van der Waals surface area contributed by atoms with Crippen LogP contribution in [0.15, 0.2) is 0 Å². The van der Waals surface area contributed by atoms with Crippen LogP contribution in [-0.4, -0.2) is 29.7 Å². The third-order valence-electron chi connectivity index (χ3n) is 2.40. The summed E-state index contributed by atoms with van der Waals surface area (Å²) in [6, 6.07) is -0.0678. The molecule has 0 aromatic carbocycles. The van der Waals surface area contributed by atoms with Gasteiger partial charge in [-0.1, -0.05) is 13.8 Å². The smallest absolute Gasteiger partial charge is 0.221 e. The van der Waals surface area contributed by atoms with Gasteiger partial charge in [0.1, 0.15) is 0 Å². The van der Waals surface area contributed by atoms with E-state index in [-0.39, 0.29) is 18.1 Å². The van der Waals surface area contributed by atoms with E-state index in [0.29, 0.717) is 18.9 Å². The van der Waals surface area contributed by atoms with Crippen LogP contribution in [0.2, 0.25) is 0 Å². The van der Waals surface area contributed by atoms with Gasteiger partial charge in [0.2, 0.25) is 5.91 Å². The SMILES string of the molecule is CC(O)CCCNC(=O)CC(N)C(C)C. The van der Waals surface area contributed by atoms with Gasteiger partial charge >= 0.3 is 0 Å². The fraction of sp³-hybridized carbons (Fsp3) is 0.909. The zero-order valence-corrected chi connectivity index (χ0v) is 9.99. The van der Waals surface area contributed by atoms with Gasteiger partial charge in [-0.15, -0.1) is 0 Å². The molecule has 0 rings (SSSR count). The first-order valence-electron chi connectivity index (χ1n) is 5.63. The normalized spacial score (nSPS) is 15.1. The zero-order valence-electron chi connectivity index (χ0n) is 9.99. The average molecular weight is 216 g/mol. The summed E-state index contributed by atoms with van der Waals surface area (Å²) in [6.45, 7) is 6.38. The third kappa shape index (κ3) is 8.39. The van der Waals surface area contributed by atoms with Crippen molar-refractivity contribution in [2.75, 3.05) is 6.54 Å². The van der Waals surface area contributed by atoms with Crippen LogP contribution in [0.25, 0.3) is 0 Å². The molecular formula is C11H24N2O2. The molecule has 0 spiro atoms. The number of nitrogens with two attached hydrogens (primary N) is 1. The maximum absolute atomic E-state index is 11.3. The van der Waals surface area contributed by atoms with Crippen molar-refractivity contribution in [1.29, 1.82) is 0 Å². The topological polar surface area (TPSA) is 75.3 Å². The molecule has 0 aromatic rings. The standard InChI is InChI=1S/C11H24N2O2/c1-8(2)10(12)7-11(15)13-6-4-5-9(3)14/h8-10,14H,4-7,12H2,1-3H3,(H,13,15). The van der Waals surface area contributed by atoms with E-state index in [1.165, 1.54) is 0 Å². The fourth-order valence-electron chi connectivity index (χ4n) is 1.15. The van der Waals surface area contributed by atoms with Crippen LogP contribution in [0, 0.1) is 5.92 Å². The summed E-state index contributed by atoms with van der Waals surface area (Å²) < 4.78 is 0. The molecule has 2 unspecified atom stereocenters. The Bertz CT molecular complexity index is 181. The van der Waals surface area contributed by atoms with Crippen LogP contribution in [0.3, 0.4) is 0 Å². The number of rotatable bonds is 7. The van der Waals surface area contributed by atoms with Gasteiger partial charge < -0.3 is 16.2 Å². The molecule has 4 N–H and O–H groups in total. The molecule has 4 nitrogen and oxygen atoms in total. The molecule has 0 fully saturated rings. The molecule has 0 aromatic heterocycles. The van der Waals surface area contributed by atoms with Crippen molar-refractivity contribution in [3.05, 3.63) is 0 Å². The van der Waals surface area contributed by atoms with E-state index in [9.17, 15) is 4.79 Å². The number of amides is 1. The summed E-state index contributed by atoms with van der Waals surface area (Å²) in [5, 5.41) is 11.8. The molecule has 0 saturated carbocycles. The first kappa shape index (κ1) is 14.4. The molecule has 0 radical (unpaired) electrons. The first-order chi connectivity index (χ1) is 6.93. The third-order valence-corrected chi connectivity index (χ3v) is 2.40. The van der Waals surface area contributed by atoms with Gasteiger partial charge in [0, 0.05) is 19.0 Å². The van der Waals surface area contributed by atoms with Gasteiger partial charge in [0.25, 0.3) is 0 Å². The maximum Gasteiger partial charge on any atom is 0.221 e. The number of aliphatic hydroxyl groups is 1. The second-order valence-corrected chi connectivity index (χ2v) is 4.45. The number of nitrogens with one attached hydrogen (secondary N) is 1. The van der Waals surface area contributed by atoms with E-state index in [4.69, 9.17) is 10.8 Å². The Kier molecular flexibility index (Phi) is 7.34. The molecule has 90 valence electrons. The fourth-order valence-corrected chi connectivity index (χ4v) is 1.15. The summed E-state index contributed by atoms with van der Waals surface area (Å²) in [7, 11) is 0. The summed E-state index contributed by atoms with van der Waals surface area (Å²) in [5.41, 5.74) is 5.77. The van der Waals surface area contributed by atoms with Crippen LogP contribution < -0.4 is 11.1 Å².